The van der Waals surface area contributed by atoms with Crippen LogP contribution >= 0.6 is 0 Å². The van der Waals surface area contributed by atoms with Crippen molar-refractivity contribution < 1.29 is 13.2 Å². The number of aryl methyl sites for hydroxylation is 4. The molecule has 5 nitrogen and oxygen atoms in total. The van der Waals surface area contributed by atoms with Crippen LogP contribution in [0.4, 0.5) is 13.2 Å². The van der Waals surface area contributed by atoms with Crippen molar-refractivity contribution in [2.45, 2.75) is 33.9 Å². The van der Waals surface area contributed by atoms with Gasteiger partial charge in [-0.15, -0.1) is 0 Å². The summed E-state index contributed by atoms with van der Waals surface area (Å²) in [7, 11) is 0. The van der Waals surface area contributed by atoms with Gasteiger partial charge in [0.05, 0.1) is 33.3 Å². The summed E-state index contributed by atoms with van der Waals surface area (Å²) in [5, 5.41) is 4.12. The van der Waals surface area contributed by atoms with Crippen LogP contribution in [0.3, 0.4) is 0 Å². The SMILES string of the molecule is Cc1ccc2c(c1)c1cc(C)ccc1n2-c1ccc(C(F)(F)F)c(-c2cc(-c3nc(-c4ccccc4)nc(-c4ccccc4)n3)ccc2-n2c3ccc(C)cc3c3cc(C)ccc32)c1. The number of alkyl halides is 3. The molecule has 0 fully saturated rings. The second-order valence-electron chi connectivity index (χ2n) is 16.8. The first-order valence-corrected chi connectivity index (χ1v) is 21.2. The van der Waals surface area contributed by atoms with Crippen molar-refractivity contribution in [3.8, 4) is 56.7 Å². The summed E-state index contributed by atoms with van der Waals surface area (Å²) in [6, 6.07) is 54.5. The summed E-state index contributed by atoms with van der Waals surface area (Å²) < 4.78 is 51.4. The molecule has 64 heavy (non-hydrogen) atoms. The summed E-state index contributed by atoms with van der Waals surface area (Å²) in [6.07, 6.45) is -4.70. The summed E-state index contributed by atoms with van der Waals surface area (Å²) in [5.74, 6) is 1.25. The number of halogens is 3. The monoisotopic (exact) mass is 839 g/mol. The first-order valence-electron chi connectivity index (χ1n) is 21.2. The predicted octanol–water partition coefficient (Wildman–Crippen LogP) is 15.0. The fraction of sp³-hybridized carbons (Fsp3) is 0.0893. The normalized spacial score (nSPS) is 12.0. The van der Waals surface area contributed by atoms with Gasteiger partial charge in [-0.05, 0) is 118 Å². The highest BCUT2D eigenvalue weighted by Crippen LogP contribution is 2.45. The Kier molecular flexibility index (Phi) is 9.10. The van der Waals surface area contributed by atoms with Gasteiger partial charge in [0.25, 0.3) is 0 Å². The Labute approximate surface area is 367 Å². The molecule has 0 bridgehead atoms. The molecule has 8 heteroatoms. The van der Waals surface area contributed by atoms with Crippen LogP contribution in [-0.2, 0) is 6.18 Å². The van der Waals surface area contributed by atoms with Crippen molar-refractivity contribution in [3.63, 3.8) is 0 Å². The smallest absolute Gasteiger partial charge is 0.309 e. The number of benzene rings is 8. The van der Waals surface area contributed by atoms with E-state index in [9.17, 15) is 0 Å². The lowest BCUT2D eigenvalue weighted by atomic mass is 9.94. The van der Waals surface area contributed by atoms with Crippen molar-refractivity contribution in [1.29, 1.82) is 0 Å². The predicted molar refractivity (Wildman–Crippen MR) is 254 cm³/mol. The van der Waals surface area contributed by atoms with E-state index in [0.29, 0.717) is 40.0 Å². The van der Waals surface area contributed by atoms with Crippen molar-refractivity contribution in [1.82, 2.24) is 24.1 Å². The fourth-order valence-electron chi connectivity index (χ4n) is 9.20. The molecule has 0 unspecified atom stereocenters. The van der Waals surface area contributed by atoms with Crippen LogP contribution in [-0.4, -0.2) is 24.1 Å². The number of hydrogen-bond acceptors (Lipinski definition) is 3. The van der Waals surface area contributed by atoms with E-state index in [2.05, 4.69) is 85.4 Å². The molecule has 0 spiro atoms. The number of nitrogens with zero attached hydrogens (tertiary/aromatic N) is 5. The lowest BCUT2D eigenvalue weighted by Crippen LogP contribution is -2.10. The second kappa shape index (κ2) is 14.9. The molecule has 0 amide bonds. The Morgan fingerprint density at radius 2 is 0.797 bits per heavy atom. The van der Waals surface area contributed by atoms with Gasteiger partial charge in [0.15, 0.2) is 17.5 Å². The van der Waals surface area contributed by atoms with E-state index in [1.54, 1.807) is 12.1 Å². The molecule has 0 aliphatic carbocycles. The quantitative estimate of drug-likeness (QED) is 0.168. The standard InChI is InChI=1S/C56H40F3N5/c1-33-15-22-48-42(27-33)43-28-34(2)16-23-49(43)63(48)40-20-21-47(56(57,58)59)41(32-40)46-31-39(55-61-53(37-11-7-5-8-12-37)60-54(62-55)38-13-9-6-10-14-38)19-26-52(46)64-50-24-17-35(3)29-44(50)45-30-36(4)18-25-51(45)64/h5-32H,1-4H3. The molecular weight excluding hydrogens is 800 g/mol. The van der Waals surface area contributed by atoms with Crippen molar-refractivity contribution in [2.24, 2.45) is 0 Å². The van der Waals surface area contributed by atoms with Crippen LogP contribution in [0.25, 0.3) is 100 Å². The molecule has 0 aliphatic heterocycles. The zero-order valence-electron chi connectivity index (χ0n) is 35.5. The first kappa shape index (κ1) is 39.0. The maximum Gasteiger partial charge on any atom is 0.417 e. The van der Waals surface area contributed by atoms with E-state index >= 15 is 13.2 Å². The Morgan fingerprint density at radius 3 is 1.23 bits per heavy atom. The summed E-state index contributed by atoms with van der Waals surface area (Å²) in [4.78, 5) is 14.9. The number of rotatable bonds is 6. The molecule has 0 saturated heterocycles. The van der Waals surface area contributed by atoms with E-state index in [0.717, 1.165) is 77.0 Å². The fourth-order valence-corrected chi connectivity index (χ4v) is 9.20. The van der Waals surface area contributed by atoms with Crippen LogP contribution in [0, 0.1) is 27.7 Å². The minimum Gasteiger partial charge on any atom is -0.309 e. The third-order valence-electron chi connectivity index (χ3n) is 12.2. The van der Waals surface area contributed by atoms with E-state index in [4.69, 9.17) is 15.0 Å². The second-order valence-corrected chi connectivity index (χ2v) is 16.8. The van der Waals surface area contributed by atoms with Gasteiger partial charge in [0.2, 0.25) is 0 Å². The van der Waals surface area contributed by atoms with Crippen LogP contribution in [0.2, 0.25) is 0 Å². The molecule has 3 heterocycles. The van der Waals surface area contributed by atoms with E-state index in [-0.39, 0.29) is 5.56 Å². The van der Waals surface area contributed by atoms with E-state index in [1.807, 2.05) is 103 Å². The maximum absolute atomic E-state index is 15.7. The van der Waals surface area contributed by atoms with Gasteiger partial charge in [0.1, 0.15) is 0 Å². The highest BCUT2D eigenvalue weighted by molar-refractivity contribution is 6.11. The van der Waals surface area contributed by atoms with E-state index in [1.165, 1.54) is 6.07 Å². The zero-order valence-corrected chi connectivity index (χ0v) is 35.5. The number of aromatic nitrogens is 5. The highest BCUT2D eigenvalue weighted by atomic mass is 19.4. The molecule has 11 rings (SSSR count). The zero-order chi connectivity index (χ0) is 43.9. The lowest BCUT2D eigenvalue weighted by Gasteiger charge is -2.21. The van der Waals surface area contributed by atoms with Gasteiger partial charge < -0.3 is 9.13 Å². The average Bonchev–Trinajstić information content (AvgIpc) is 3.79. The largest absolute Gasteiger partial charge is 0.417 e. The molecular formula is C56H40F3N5. The minimum atomic E-state index is -4.70. The van der Waals surface area contributed by atoms with E-state index < -0.39 is 11.7 Å². The summed E-state index contributed by atoms with van der Waals surface area (Å²) in [5.41, 5.74) is 11.0. The highest BCUT2D eigenvalue weighted by Gasteiger charge is 2.35. The lowest BCUT2D eigenvalue weighted by molar-refractivity contribution is -0.137. The topological polar surface area (TPSA) is 48.5 Å². The Morgan fingerprint density at radius 1 is 0.375 bits per heavy atom. The number of fused-ring (bicyclic) bond motifs is 6. The van der Waals surface area contributed by atoms with Crippen molar-refractivity contribution in [2.75, 3.05) is 0 Å². The molecule has 0 radical (unpaired) electrons. The van der Waals surface area contributed by atoms with Gasteiger partial charge in [-0.2, -0.15) is 13.2 Å². The Balaban J connectivity index is 1.24. The van der Waals surface area contributed by atoms with Gasteiger partial charge in [-0.3, -0.25) is 0 Å². The van der Waals surface area contributed by atoms with Crippen LogP contribution in [0.5, 0.6) is 0 Å². The molecule has 0 saturated carbocycles. The molecule has 0 atom stereocenters. The molecule has 0 N–H and O–H groups in total. The van der Waals surface area contributed by atoms with Crippen molar-refractivity contribution in [3.05, 3.63) is 198 Å². The van der Waals surface area contributed by atoms with Gasteiger partial charge in [-0.1, -0.05) is 107 Å². The Bertz CT molecular complexity index is 3460. The average molecular weight is 840 g/mol. The van der Waals surface area contributed by atoms with Gasteiger partial charge in [0, 0.05) is 49.5 Å². The summed E-state index contributed by atoms with van der Waals surface area (Å²) in [6.45, 7) is 8.22. The molecule has 11 aromatic rings. The Hall–Kier alpha value is -7.84. The molecule has 310 valence electrons. The van der Waals surface area contributed by atoms with Crippen LogP contribution in [0.1, 0.15) is 27.8 Å². The van der Waals surface area contributed by atoms with Gasteiger partial charge in [-0.25, -0.2) is 15.0 Å². The molecule has 3 aromatic heterocycles. The third kappa shape index (κ3) is 6.61. The minimum absolute atomic E-state index is 0.0333. The first-order chi connectivity index (χ1) is 31.0. The van der Waals surface area contributed by atoms with Crippen LogP contribution < -0.4 is 0 Å². The molecule has 0 aliphatic rings. The maximum atomic E-state index is 15.7. The van der Waals surface area contributed by atoms with Crippen molar-refractivity contribution >= 4 is 43.6 Å². The molecule has 8 aromatic carbocycles. The summed E-state index contributed by atoms with van der Waals surface area (Å²) >= 11 is 0. The van der Waals surface area contributed by atoms with Crippen LogP contribution in [0.15, 0.2) is 170 Å². The van der Waals surface area contributed by atoms with Gasteiger partial charge >= 0.3 is 6.18 Å². The number of hydrogen-bond donors (Lipinski definition) is 0. The third-order valence-corrected chi connectivity index (χ3v) is 12.2.